The van der Waals surface area contributed by atoms with Crippen molar-refractivity contribution in [1.82, 2.24) is 19.4 Å². The van der Waals surface area contributed by atoms with Crippen molar-refractivity contribution in [3.8, 4) is 17.1 Å². The molecule has 0 spiro atoms. The zero-order valence-electron chi connectivity index (χ0n) is 16.0. The molecule has 1 saturated carbocycles. The second-order valence-electron chi connectivity index (χ2n) is 7.59. The topological polar surface area (TPSA) is 60.2 Å². The van der Waals surface area contributed by atoms with E-state index < -0.39 is 0 Å². The maximum absolute atomic E-state index is 11.7. The summed E-state index contributed by atoms with van der Waals surface area (Å²) in [5, 5.41) is 0. The molecule has 1 saturated heterocycles. The van der Waals surface area contributed by atoms with E-state index in [0.29, 0.717) is 12.6 Å². The predicted molar refractivity (Wildman–Crippen MR) is 105 cm³/mol. The van der Waals surface area contributed by atoms with E-state index in [1.165, 1.54) is 25.7 Å². The molecule has 2 aromatic rings. The van der Waals surface area contributed by atoms with E-state index in [2.05, 4.69) is 14.9 Å². The van der Waals surface area contributed by atoms with E-state index in [1.807, 2.05) is 19.2 Å². The summed E-state index contributed by atoms with van der Waals surface area (Å²) >= 11 is 0. The minimum atomic E-state index is 0.00562. The summed E-state index contributed by atoms with van der Waals surface area (Å²) in [6, 6.07) is 4.64. The molecule has 0 unspecified atom stereocenters. The molecule has 2 aromatic heterocycles. The molecule has 27 heavy (non-hydrogen) atoms. The van der Waals surface area contributed by atoms with Crippen molar-refractivity contribution in [3.05, 3.63) is 41.1 Å². The van der Waals surface area contributed by atoms with Gasteiger partial charge >= 0.3 is 6.01 Å². The number of rotatable bonds is 5. The summed E-state index contributed by atoms with van der Waals surface area (Å²) in [6.07, 6.45) is 13.2. The number of piperidine rings is 1. The lowest BCUT2D eigenvalue weighted by Gasteiger charge is -2.35. The van der Waals surface area contributed by atoms with E-state index in [9.17, 15) is 4.79 Å². The Labute approximate surface area is 160 Å². The first kappa shape index (κ1) is 18.2. The summed E-state index contributed by atoms with van der Waals surface area (Å²) < 4.78 is 7.70. The fourth-order valence-electron chi connectivity index (χ4n) is 4.25. The van der Waals surface area contributed by atoms with Crippen LogP contribution in [0.5, 0.6) is 6.01 Å². The fourth-order valence-corrected chi connectivity index (χ4v) is 4.25. The smallest absolute Gasteiger partial charge is 0.316 e. The fraction of sp³-hybridized carbons (Fsp3) is 0.571. The van der Waals surface area contributed by atoms with Crippen LogP contribution in [0.15, 0.2) is 35.5 Å². The Balaban J connectivity index is 1.35. The van der Waals surface area contributed by atoms with Crippen molar-refractivity contribution in [2.45, 2.75) is 64.1 Å². The highest BCUT2D eigenvalue weighted by atomic mass is 16.5. The molecule has 0 bridgehead atoms. The van der Waals surface area contributed by atoms with Gasteiger partial charge in [0.05, 0.1) is 0 Å². The van der Waals surface area contributed by atoms with E-state index in [4.69, 9.17) is 4.74 Å². The molecule has 0 radical (unpaired) electrons. The van der Waals surface area contributed by atoms with Crippen LogP contribution in [0.1, 0.15) is 45.4 Å². The van der Waals surface area contributed by atoms with Crippen LogP contribution < -0.4 is 10.3 Å². The maximum Gasteiger partial charge on any atom is 0.316 e. The van der Waals surface area contributed by atoms with Gasteiger partial charge in [-0.25, -0.2) is 9.97 Å². The van der Waals surface area contributed by atoms with E-state index in [-0.39, 0.29) is 11.7 Å². The quantitative estimate of drug-likeness (QED) is 0.812. The van der Waals surface area contributed by atoms with Crippen molar-refractivity contribution in [2.24, 2.45) is 0 Å². The van der Waals surface area contributed by atoms with Crippen molar-refractivity contribution in [2.75, 3.05) is 13.1 Å². The van der Waals surface area contributed by atoms with Crippen molar-refractivity contribution < 1.29 is 4.74 Å². The first-order valence-corrected chi connectivity index (χ1v) is 10.2. The van der Waals surface area contributed by atoms with Crippen LogP contribution in [-0.2, 0) is 6.54 Å². The van der Waals surface area contributed by atoms with Gasteiger partial charge in [-0.15, -0.1) is 0 Å². The minimum Gasteiger partial charge on any atom is -0.460 e. The molecule has 2 fully saturated rings. The molecule has 0 atom stereocenters. The number of aryl methyl sites for hydroxylation is 1. The van der Waals surface area contributed by atoms with E-state index >= 15 is 0 Å². The average molecular weight is 368 g/mol. The first-order valence-electron chi connectivity index (χ1n) is 10.2. The Morgan fingerprint density at radius 2 is 1.74 bits per heavy atom. The Morgan fingerprint density at radius 1 is 1.04 bits per heavy atom. The number of pyridine rings is 1. The van der Waals surface area contributed by atoms with Crippen LogP contribution in [0.3, 0.4) is 0 Å². The van der Waals surface area contributed by atoms with E-state index in [0.717, 1.165) is 43.1 Å². The highest BCUT2D eigenvalue weighted by Crippen LogP contribution is 2.27. The summed E-state index contributed by atoms with van der Waals surface area (Å²) in [5.74, 6) is 0. The van der Waals surface area contributed by atoms with Crippen molar-refractivity contribution >= 4 is 0 Å². The molecule has 1 aliphatic heterocycles. The zero-order valence-corrected chi connectivity index (χ0v) is 16.0. The number of likely N-dealkylation sites (tertiary alicyclic amines) is 1. The zero-order chi connectivity index (χ0) is 18.6. The van der Waals surface area contributed by atoms with Gasteiger partial charge in [-0.3, -0.25) is 4.79 Å². The number of nitrogens with zero attached hydrogens (tertiary/aromatic N) is 4. The van der Waals surface area contributed by atoms with Gasteiger partial charge in [0.2, 0.25) is 0 Å². The van der Waals surface area contributed by atoms with Crippen LogP contribution in [0, 0.1) is 0 Å². The molecular formula is C21H28N4O2. The van der Waals surface area contributed by atoms with Gasteiger partial charge in [0.25, 0.3) is 5.56 Å². The first-order chi connectivity index (χ1) is 13.2. The number of aromatic nitrogens is 3. The highest BCUT2D eigenvalue weighted by Gasteiger charge is 2.28. The van der Waals surface area contributed by atoms with Gasteiger partial charge in [-0.1, -0.05) is 12.8 Å². The van der Waals surface area contributed by atoms with Crippen molar-refractivity contribution in [1.29, 1.82) is 0 Å². The monoisotopic (exact) mass is 368 g/mol. The van der Waals surface area contributed by atoms with Gasteiger partial charge in [0.15, 0.2) is 0 Å². The second-order valence-corrected chi connectivity index (χ2v) is 7.59. The second kappa shape index (κ2) is 8.21. The van der Waals surface area contributed by atoms with Crippen LogP contribution in [-0.4, -0.2) is 44.7 Å². The van der Waals surface area contributed by atoms with Gasteiger partial charge < -0.3 is 14.2 Å². The Morgan fingerprint density at radius 3 is 2.41 bits per heavy atom. The molecule has 0 N–H and O–H groups in total. The van der Waals surface area contributed by atoms with Crippen LogP contribution in [0.2, 0.25) is 0 Å². The molecule has 144 valence electrons. The summed E-state index contributed by atoms with van der Waals surface area (Å²) in [4.78, 5) is 23.1. The molecule has 6 nitrogen and oxygen atoms in total. The van der Waals surface area contributed by atoms with Crippen LogP contribution in [0.25, 0.3) is 11.1 Å². The third-order valence-corrected chi connectivity index (χ3v) is 5.88. The van der Waals surface area contributed by atoms with Crippen LogP contribution >= 0.6 is 0 Å². The molecule has 0 amide bonds. The molecule has 3 heterocycles. The number of ether oxygens (including phenoxy) is 1. The standard InChI is InChI=1S/C21H28N4O2/c1-2-24-15-16(7-8-20(24)26)17-13-22-21(23-14-17)27-19-9-11-25(12-10-19)18-5-3-4-6-18/h7-8,13-15,18-19H,2-6,9-12H2,1H3. The largest absolute Gasteiger partial charge is 0.460 e. The van der Waals surface area contributed by atoms with Crippen molar-refractivity contribution in [3.63, 3.8) is 0 Å². The summed E-state index contributed by atoms with van der Waals surface area (Å²) in [7, 11) is 0. The molecule has 0 aromatic carbocycles. The lowest BCUT2D eigenvalue weighted by molar-refractivity contribution is 0.0710. The number of hydrogen-bond donors (Lipinski definition) is 0. The Bertz CT molecular complexity index is 804. The molecule has 2 aliphatic rings. The minimum absolute atomic E-state index is 0.00562. The highest BCUT2D eigenvalue weighted by molar-refractivity contribution is 5.60. The lowest BCUT2D eigenvalue weighted by atomic mass is 10.0. The van der Waals surface area contributed by atoms with Gasteiger partial charge in [0, 0.05) is 61.5 Å². The normalized spacial score (nSPS) is 19.4. The lowest BCUT2D eigenvalue weighted by Crippen LogP contribution is -2.43. The predicted octanol–water partition coefficient (Wildman–Crippen LogP) is 3.11. The van der Waals surface area contributed by atoms with Gasteiger partial charge in [0.1, 0.15) is 6.10 Å². The molecular weight excluding hydrogens is 340 g/mol. The molecule has 1 aliphatic carbocycles. The van der Waals surface area contributed by atoms with E-state index in [1.54, 1.807) is 23.0 Å². The third-order valence-electron chi connectivity index (χ3n) is 5.88. The molecule has 6 heteroatoms. The Kier molecular flexibility index (Phi) is 5.53. The Hall–Kier alpha value is -2.21. The van der Waals surface area contributed by atoms with Crippen LogP contribution in [0.4, 0.5) is 0 Å². The van der Waals surface area contributed by atoms with Gasteiger partial charge in [-0.2, -0.15) is 0 Å². The van der Waals surface area contributed by atoms with Gasteiger partial charge in [-0.05, 0) is 38.7 Å². The number of hydrogen-bond acceptors (Lipinski definition) is 5. The maximum atomic E-state index is 11.7. The SMILES string of the molecule is CCn1cc(-c2cnc(OC3CCN(C4CCCC4)CC3)nc2)ccc1=O. The summed E-state index contributed by atoms with van der Waals surface area (Å²) in [5.41, 5.74) is 1.83. The average Bonchev–Trinajstić information content (AvgIpc) is 3.24. The molecule has 4 rings (SSSR count). The third kappa shape index (κ3) is 4.21. The summed E-state index contributed by atoms with van der Waals surface area (Å²) in [6.45, 7) is 4.84.